The van der Waals surface area contributed by atoms with Gasteiger partial charge in [-0.05, 0) is 110 Å². The standard InChI is InChI=1S/C42H54F3N5O8S/c1-6-26-14-15-30-29(22-26)28-17-18-40(57-33(28)25(2)46-30)23-32-34(51)48-41(36(53)49-59(55,56)39(5)20-21-39)19-16-27(41)12-10-8-7-9-11-13-31(35(52)50(32)24-40)47-37(54)58-38(3,4)42(43,44)45/h10,12,14-15,22,27,31-32H,6-9,11,13,16-21,23-24H2,1-5H3,(H,47,54)(H,48,51)(H,49,53). The van der Waals surface area contributed by atoms with E-state index in [0.29, 0.717) is 83.1 Å². The Hall–Kier alpha value is -4.41. The zero-order chi connectivity index (χ0) is 42.8. The number of pyridine rings is 1. The third-order valence-electron chi connectivity index (χ3n) is 13.2. The van der Waals surface area contributed by atoms with Gasteiger partial charge in [-0.2, -0.15) is 13.2 Å². The van der Waals surface area contributed by atoms with Gasteiger partial charge < -0.3 is 25.0 Å². The summed E-state index contributed by atoms with van der Waals surface area (Å²) in [6, 6.07) is 3.45. The zero-order valence-electron chi connectivity index (χ0n) is 34.2. The van der Waals surface area contributed by atoms with Gasteiger partial charge in [0, 0.05) is 23.3 Å². The second-order valence-electron chi connectivity index (χ2n) is 17.8. The molecule has 2 aromatic rings. The summed E-state index contributed by atoms with van der Waals surface area (Å²) >= 11 is 0. The van der Waals surface area contributed by atoms with Gasteiger partial charge in [0.25, 0.3) is 5.91 Å². The summed E-state index contributed by atoms with van der Waals surface area (Å²) in [4.78, 5) is 62.9. The van der Waals surface area contributed by atoms with Gasteiger partial charge in [0.2, 0.25) is 27.4 Å². The molecule has 5 unspecified atom stereocenters. The summed E-state index contributed by atoms with van der Waals surface area (Å²) in [5, 5.41) is 6.24. The number of nitrogens with one attached hydrogen (secondary N) is 3. The van der Waals surface area contributed by atoms with Crippen LogP contribution in [-0.2, 0) is 42.0 Å². The molecule has 59 heavy (non-hydrogen) atoms. The fraction of sp³-hybridized carbons (Fsp3) is 0.643. The number of rotatable bonds is 6. The normalized spacial score (nSPS) is 28.5. The van der Waals surface area contributed by atoms with E-state index >= 15 is 0 Å². The highest BCUT2D eigenvalue weighted by atomic mass is 32.2. The van der Waals surface area contributed by atoms with Crippen molar-refractivity contribution < 1.29 is 50.2 Å². The number of carbonyl (C=O) groups is 4. The monoisotopic (exact) mass is 845 g/mol. The summed E-state index contributed by atoms with van der Waals surface area (Å²) < 4.78 is 80.7. The lowest BCUT2D eigenvalue weighted by Crippen LogP contribution is -2.70. The van der Waals surface area contributed by atoms with Crippen LogP contribution in [0.3, 0.4) is 0 Å². The van der Waals surface area contributed by atoms with E-state index in [1.807, 2.05) is 31.2 Å². The number of halogens is 3. The Morgan fingerprint density at radius 2 is 1.83 bits per heavy atom. The van der Waals surface area contributed by atoms with Gasteiger partial charge in [-0.3, -0.25) is 19.1 Å². The van der Waals surface area contributed by atoms with Crippen LogP contribution in [0.4, 0.5) is 18.0 Å². The molecule has 7 rings (SSSR count). The number of nitrogens with zero attached hydrogens (tertiary/aromatic N) is 2. The molecule has 17 heteroatoms. The first-order valence-electron chi connectivity index (χ1n) is 20.7. The molecular formula is C42H54F3N5O8S. The average Bonchev–Trinajstić information content (AvgIpc) is 3.82. The van der Waals surface area contributed by atoms with Crippen molar-refractivity contribution in [1.82, 2.24) is 25.2 Å². The quantitative estimate of drug-likeness (QED) is 0.296. The van der Waals surface area contributed by atoms with Crippen molar-refractivity contribution in [3.63, 3.8) is 0 Å². The first kappa shape index (κ1) is 42.7. The molecule has 1 spiro atoms. The lowest BCUT2D eigenvalue weighted by atomic mass is 9.65. The van der Waals surface area contributed by atoms with Crippen molar-refractivity contribution in [2.75, 3.05) is 6.54 Å². The number of carbonyl (C=O) groups excluding carboxylic acids is 4. The molecule has 1 saturated heterocycles. The highest BCUT2D eigenvalue weighted by Gasteiger charge is 2.60. The molecular weight excluding hydrogens is 792 g/mol. The molecule has 1 aromatic carbocycles. The van der Waals surface area contributed by atoms with Crippen LogP contribution in [0.25, 0.3) is 10.9 Å². The van der Waals surface area contributed by atoms with E-state index in [0.717, 1.165) is 28.5 Å². The molecule has 4 amide bonds. The van der Waals surface area contributed by atoms with Gasteiger partial charge in [0.15, 0.2) is 0 Å². The largest absolute Gasteiger partial charge is 0.483 e. The first-order chi connectivity index (χ1) is 27.6. The van der Waals surface area contributed by atoms with Gasteiger partial charge in [-0.1, -0.05) is 38.0 Å². The summed E-state index contributed by atoms with van der Waals surface area (Å²) in [6.07, 6.45) is 2.80. The van der Waals surface area contributed by atoms with Crippen LogP contribution in [0.5, 0.6) is 5.75 Å². The minimum Gasteiger partial charge on any atom is -0.483 e. The van der Waals surface area contributed by atoms with E-state index in [2.05, 4.69) is 28.3 Å². The molecule has 3 N–H and O–H groups in total. The minimum absolute atomic E-state index is 0.0245. The van der Waals surface area contributed by atoms with E-state index in [-0.39, 0.29) is 25.8 Å². The summed E-state index contributed by atoms with van der Waals surface area (Å²) in [6.45, 7) is 6.74. The number of alkyl halides is 3. The number of benzene rings is 1. The zero-order valence-corrected chi connectivity index (χ0v) is 35.0. The molecule has 2 aliphatic carbocycles. The van der Waals surface area contributed by atoms with E-state index in [1.54, 1.807) is 6.92 Å². The van der Waals surface area contributed by atoms with Gasteiger partial charge in [0.05, 0.1) is 22.5 Å². The number of ether oxygens (including phenoxy) is 2. The molecule has 2 saturated carbocycles. The van der Waals surface area contributed by atoms with Crippen LogP contribution in [0.2, 0.25) is 0 Å². The topological polar surface area (TPSA) is 173 Å². The molecule has 5 atom stereocenters. The molecule has 5 aliphatic rings. The van der Waals surface area contributed by atoms with E-state index in [1.165, 1.54) is 4.90 Å². The lowest BCUT2D eigenvalue weighted by Gasteiger charge is -2.48. The van der Waals surface area contributed by atoms with Crippen LogP contribution in [0, 0.1) is 12.8 Å². The average molecular weight is 846 g/mol. The van der Waals surface area contributed by atoms with Crippen molar-refractivity contribution >= 4 is 44.7 Å². The van der Waals surface area contributed by atoms with Crippen molar-refractivity contribution in [3.8, 4) is 5.75 Å². The van der Waals surface area contributed by atoms with E-state index < -0.39 is 79.5 Å². The third kappa shape index (κ3) is 7.99. The Labute approximate surface area is 342 Å². The number of aromatic nitrogens is 1. The van der Waals surface area contributed by atoms with Crippen LogP contribution < -0.4 is 20.1 Å². The summed E-state index contributed by atoms with van der Waals surface area (Å²) in [7, 11) is -4.08. The number of sulfonamides is 1. The van der Waals surface area contributed by atoms with Gasteiger partial charge in [0.1, 0.15) is 29.0 Å². The summed E-state index contributed by atoms with van der Waals surface area (Å²) in [5.41, 5.74) is -2.12. The fourth-order valence-corrected chi connectivity index (χ4v) is 10.1. The third-order valence-corrected chi connectivity index (χ3v) is 15.4. The fourth-order valence-electron chi connectivity index (χ4n) is 8.79. The van der Waals surface area contributed by atoms with Crippen molar-refractivity contribution in [2.45, 2.75) is 158 Å². The molecule has 4 heterocycles. The Bertz CT molecular complexity index is 2190. The first-order valence-corrected chi connectivity index (χ1v) is 22.1. The molecule has 1 aromatic heterocycles. The van der Waals surface area contributed by atoms with Crippen LogP contribution >= 0.6 is 0 Å². The second-order valence-corrected chi connectivity index (χ2v) is 20.0. The van der Waals surface area contributed by atoms with Crippen LogP contribution in [-0.4, -0.2) is 88.4 Å². The number of amides is 4. The second kappa shape index (κ2) is 15.2. The van der Waals surface area contributed by atoms with E-state index in [4.69, 9.17) is 14.5 Å². The lowest BCUT2D eigenvalue weighted by molar-refractivity contribution is -0.244. The number of allylic oxidation sites excluding steroid dienone is 1. The molecule has 3 fully saturated rings. The number of fused-ring (bicyclic) bond motifs is 5. The van der Waals surface area contributed by atoms with E-state index in [9.17, 15) is 40.8 Å². The predicted octanol–water partition coefficient (Wildman–Crippen LogP) is 5.99. The molecule has 0 radical (unpaired) electrons. The Morgan fingerprint density at radius 3 is 2.49 bits per heavy atom. The Morgan fingerprint density at radius 1 is 1.08 bits per heavy atom. The highest BCUT2D eigenvalue weighted by Crippen LogP contribution is 2.47. The number of alkyl carbamates (subject to hydrolysis) is 1. The SMILES string of the molecule is CCc1ccc2nc(C)c3c(c2c1)CCC1(CC2C(=O)NC4(C(=O)NS(=O)(=O)C5(C)CC5)CCC4C=CCCCCCC(NC(=O)OC(C)(C)C(F)(F)F)C(=O)N2C1)O3. The van der Waals surface area contributed by atoms with Crippen molar-refractivity contribution in [2.24, 2.45) is 5.92 Å². The molecule has 0 bridgehead atoms. The van der Waals surface area contributed by atoms with Gasteiger partial charge in [-0.15, -0.1) is 0 Å². The smallest absolute Gasteiger partial charge is 0.427 e. The maximum Gasteiger partial charge on any atom is 0.427 e. The minimum atomic E-state index is -4.89. The number of hydrogen-bond donors (Lipinski definition) is 3. The molecule has 13 nitrogen and oxygen atoms in total. The Balaban J connectivity index is 1.25. The Kier molecular flexibility index (Phi) is 11.0. The molecule has 3 aliphatic heterocycles. The van der Waals surface area contributed by atoms with Crippen molar-refractivity contribution in [1.29, 1.82) is 0 Å². The maximum atomic E-state index is 14.8. The number of hydrogen-bond acceptors (Lipinski definition) is 9. The van der Waals surface area contributed by atoms with Gasteiger partial charge in [-0.25, -0.2) is 18.2 Å². The summed E-state index contributed by atoms with van der Waals surface area (Å²) in [5.74, 6) is -2.29. The van der Waals surface area contributed by atoms with Crippen LogP contribution in [0.15, 0.2) is 30.4 Å². The number of aryl methyl sites for hydroxylation is 3. The van der Waals surface area contributed by atoms with Gasteiger partial charge >= 0.3 is 12.3 Å². The van der Waals surface area contributed by atoms with Crippen molar-refractivity contribution in [3.05, 3.63) is 47.2 Å². The predicted molar refractivity (Wildman–Crippen MR) is 212 cm³/mol. The highest BCUT2D eigenvalue weighted by molar-refractivity contribution is 7.91. The maximum absolute atomic E-state index is 14.8. The van der Waals surface area contributed by atoms with Crippen LogP contribution in [0.1, 0.15) is 115 Å². The molecule has 322 valence electrons.